The first kappa shape index (κ1) is 15.0. The molecule has 0 unspecified atom stereocenters. The van der Waals surface area contributed by atoms with Gasteiger partial charge < -0.3 is 10.1 Å². The summed E-state index contributed by atoms with van der Waals surface area (Å²) in [5.41, 5.74) is 4.01. The third-order valence-electron chi connectivity index (χ3n) is 4.44. The second kappa shape index (κ2) is 6.93. The summed E-state index contributed by atoms with van der Waals surface area (Å²) in [4.78, 5) is 4.12. The highest BCUT2D eigenvalue weighted by Crippen LogP contribution is 2.30. The van der Waals surface area contributed by atoms with Gasteiger partial charge in [-0.3, -0.25) is 4.98 Å². The van der Waals surface area contributed by atoms with E-state index in [4.69, 9.17) is 4.74 Å². The topological polar surface area (TPSA) is 34.1 Å². The van der Waals surface area contributed by atoms with Gasteiger partial charge in [-0.05, 0) is 47.7 Å². The van der Waals surface area contributed by atoms with E-state index in [9.17, 15) is 0 Å². The van der Waals surface area contributed by atoms with Crippen molar-refractivity contribution in [3.05, 3.63) is 59.4 Å². The summed E-state index contributed by atoms with van der Waals surface area (Å²) in [5, 5.41) is 3.81. The quantitative estimate of drug-likeness (QED) is 0.867. The van der Waals surface area contributed by atoms with Crippen LogP contribution in [0.4, 0.5) is 0 Å². The van der Waals surface area contributed by atoms with E-state index in [1.54, 1.807) is 0 Å². The second-order valence-electron chi connectivity index (χ2n) is 5.83. The van der Waals surface area contributed by atoms with Crippen molar-refractivity contribution in [3.63, 3.8) is 0 Å². The maximum atomic E-state index is 5.61. The van der Waals surface area contributed by atoms with Gasteiger partial charge >= 0.3 is 0 Å². The lowest BCUT2D eigenvalue weighted by atomic mass is 9.98. The van der Waals surface area contributed by atoms with Gasteiger partial charge in [0.05, 0.1) is 6.61 Å². The predicted octanol–water partition coefficient (Wildman–Crippen LogP) is 4.21. The normalized spacial score (nSPS) is 15.9. The number of aromatic nitrogens is 1. The first-order chi connectivity index (χ1) is 10.8. The van der Waals surface area contributed by atoms with Gasteiger partial charge in [0.1, 0.15) is 5.75 Å². The van der Waals surface area contributed by atoms with Crippen molar-refractivity contribution in [2.45, 2.75) is 45.2 Å². The van der Waals surface area contributed by atoms with Crippen LogP contribution in [0.1, 0.15) is 55.5 Å². The van der Waals surface area contributed by atoms with Gasteiger partial charge in [-0.15, -0.1) is 0 Å². The predicted molar refractivity (Wildman–Crippen MR) is 89.1 cm³/mol. The van der Waals surface area contributed by atoms with Gasteiger partial charge in [0.25, 0.3) is 0 Å². The summed E-state index contributed by atoms with van der Waals surface area (Å²) in [6.45, 7) is 5.28. The van der Waals surface area contributed by atoms with Crippen LogP contribution in [0.5, 0.6) is 5.75 Å². The molecular formula is C19H24N2O. The van der Waals surface area contributed by atoms with Crippen LogP contribution in [0.15, 0.2) is 42.7 Å². The van der Waals surface area contributed by atoms with E-state index in [0.29, 0.717) is 12.1 Å². The average molecular weight is 296 g/mol. The molecule has 0 saturated heterocycles. The Labute approximate surface area is 132 Å². The maximum absolute atomic E-state index is 5.61. The summed E-state index contributed by atoms with van der Waals surface area (Å²) < 4.78 is 5.61. The monoisotopic (exact) mass is 296 g/mol. The number of ether oxygens (including phenoxy) is 1. The number of rotatable bonds is 6. The van der Waals surface area contributed by atoms with E-state index in [-0.39, 0.29) is 0 Å². The number of hydrogen-bond acceptors (Lipinski definition) is 3. The van der Waals surface area contributed by atoms with E-state index < -0.39 is 0 Å². The number of nitrogens with one attached hydrogen (secondary N) is 1. The van der Waals surface area contributed by atoms with Crippen LogP contribution in [0.3, 0.4) is 0 Å². The van der Waals surface area contributed by atoms with Gasteiger partial charge in [0.2, 0.25) is 0 Å². The molecule has 2 aromatic rings. The Kier molecular flexibility index (Phi) is 4.74. The van der Waals surface area contributed by atoms with Crippen molar-refractivity contribution in [2.24, 2.45) is 0 Å². The fourth-order valence-electron chi connectivity index (χ4n) is 3.16. The molecule has 1 aromatic heterocycles. The molecule has 0 bridgehead atoms. The van der Waals surface area contributed by atoms with E-state index in [1.165, 1.54) is 16.7 Å². The zero-order valence-corrected chi connectivity index (χ0v) is 13.4. The van der Waals surface area contributed by atoms with E-state index in [2.05, 4.69) is 54.5 Å². The van der Waals surface area contributed by atoms with Gasteiger partial charge in [-0.25, -0.2) is 0 Å². The van der Waals surface area contributed by atoms with E-state index >= 15 is 0 Å². The molecule has 0 spiro atoms. The average Bonchev–Trinajstić information content (AvgIpc) is 3.04. The lowest BCUT2D eigenvalue weighted by Crippen LogP contribution is -2.26. The minimum Gasteiger partial charge on any atom is -0.493 e. The molecule has 0 amide bonds. The first-order valence-electron chi connectivity index (χ1n) is 8.23. The molecule has 0 radical (unpaired) electrons. The Morgan fingerprint density at radius 1 is 1.05 bits per heavy atom. The van der Waals surface area contributed by atoms with Crippen molar-refractivity contribution < 1.29 is 4.74 Å². The summed E-state index contributed by atoms with van der Waals surface area (Å²) >= 11 is 0. The Bertz CT molecular complexity index is 612. The van der Waals surface area contributed by atoms with Crippen LogP contribution in [0, 0.1) is 0 Å². The molecule has 0 aliphatic carbocycles. The highest BCUT2D eigenvalue weighted by molar-refractivity contribution is 5.40. The largest absolute Gasteiger partial charge is 0.493 e. The SMILES string of the molecule is CC[C@H](N[C@H](CC)c1ccc2c(c1)CCO2)c1ccncc1. The van der Waals surface area contributed by atoms with E-state index in [1.807, 2.05) is 12.4 Å². The third kappa shape index (κ3) is 3.14. The third-order valence-corrected chi connectivity index (χ3v) is 4.44. The summed E-state index contributed by atoms with van der Waals surface area (Å²) in [6, 6.07) is 11.6. The number of benzene rings is 1. The number of pyridine rings is 1. The number of nitrogens with zero attached hydrogens (tertiary/aromatic N) is 1. The first-order valence-corrected chi connectivity index (χ1v) is 8.23. The smallest absolute Gasteiger partial charge is 0.122 e. The van der Waals surface area contributed by atoms with Gasteiger partial charge in [0.15, 0.2) is 0 Å². The van der Waals surface area contributed by atoms with Crippen molar-refractivity contribution in [1.29, 1.82) is 0 Å². The molecular weight excluding hydrogens is 272 g/mol. The maximum Gasteiger partial charge on any atom is 0.122 e. The zero-order chi connectivity index (χ0) is 15.4. The molecule has 22 heavy (non-hydrogen) atoms. The van der Waals surface area contributed by atoms with Crippen LogP contribution in [-0.2, 0) is 6.42 Å². The minimum absolute atomic E-state index is 0.359. The molecule has 0 fully saturated rings. The van der Waals surface area contributed by atoms with Crippen LogP contribution < -0.4 is 10.1 Å². The van der Waals surface area contributed by atoms with Crippen molar-refractivity contribution in [3.8, 4) is 5.75 Å². The van der Waals surface area contributed by atoms with Crippen LogP contribution in [0.25, 0.3) is 0 Å². The molecule has 2 heterocycles. The Morgan fingerprint density at radius 2 is 1.77 bits per heavy atom. The summed E-state index contributed by atoms with van der Waals surface area (Å²) in [6.07, 6.45) is 6.90. The Hall–Kier alpha value is -1.87. The van der Waals surface area contributed by atoms with Gasteiger partial charge in [-0.2, -0.15) is 0 Å². The lowest BCUT2D eigenvalue weighted by Gasteiger charge is -2.25. The molecule has 3 heteroatoms. The Morgan fingerprint density at radius 3 is 2.50 bits per heavy atom. The van der Waals surface area contributed by atoms with Crippen molar-refractivity contribution in [1.82, 2.24) is 10.3 Å². The zero-order valence-electron chi connectivity index (χ0n) is 13.4. The lowest BCUT2D eigenvalue weighted by molar-refractivity contribution is 0.356. The molecule has 2 atom stereocenters. The highest BCUT2D eigenvalue weighted by atomic mass is 16.5. The minimum atomic E-state index is 0.359. The molecule has 1 N–H and O–H groups in total. The molecule has 1 aliphatic heterocycles. The summed E-state index contributed by atoms with van der Waals surface area (Å²) in [5.74, 6) is 1.06. The number of fused-ring (bicyclic) bond motifs is 1. The van der Waals surface area contributed by atoms with Gasteiger partial charge in [0, 0.05) is 30.9 Å². The number of hydrogen-bond donors (Lipinski definition) is 1. The van der Waals surface area contributed by atoms with Crippen molar-refractivity contribution in [2.75, 3.05) is 6.61 Å². The Balaban J connectivity index is 1.79. The molecule has 3 rings (SSSR count). The standard InChI is InChI=1S/C19H24N2O/c1-3-17(14-7-10-20-11-8-14)21-18(4-2)15-5-6-19-16(13-15)9-12-22-19/h5-8,10-11,13,17-18,21H,3-4,9,12H2,1-2H3/t17-,18+/m0/s1. The molecule has 1 aromatic carbocycles. The molecule has 0 saturated carbocycles. The van der Waals surface area contributed by atoms with Gasteiger partial charge in [-0.1, -0.05) is 26.0 Å². The van der Waals surface area contributed by atoms with Crippen LogP contribution in [-0.4, -0.2) is 11.6 Å². The molecule has 1 aliphatic rings. The fourth-order valence-corrected chi connectivity index (χ4v) is 3.16. The summed E-state index contributed by atoms with van der Waals surface area (Å²) in [7, 11) is 0. The van der Waals surface area contributed by atoms with Crippen LogP contribution >= 0.6 is 0 Å². The van der Waals surface area contributed by atoms with Crippen molar-refractivity contribution >= 4 is 0 Å². The molecule has 116 valence electrons. The van der Waals surface area contributed by atoms with E-state index in [0.717, 1.165) is 31.6 Å². The van der Waals surface area contributed by atoms with Crippen LogP contribution in [0.2, 0.25) is 0 Å². The second-order valence-corrected chi connectivity index (χ2v) is 5.83. The molecule has 3 nitrogen and oxygen atoms in total. The highest BCUT2D eigenvalue weighted by Gasteiger charge is 2.19. The fraction of sp³-hybridized carbons (Fsp3) is 0.421.